The van der Waals surface area contributed by atoms with Crippen LogP contribution in [-0.2, 0) is 16.1 Å². The summed E-state index contributed by atoms with van der Waals surface area (Å²) in [7, 11) is 0. The minimum atomic E-state index is -0.467. The molecule has 23 heavy (non-hydrogen) atoms. The molecule has 1 unspecified atom stereocenters. The maximum Gasteiger partial charge on any atom is 0.251 e. The van der Waals surface area contributed by atoms with Crippen molar-refractivity contribution in [2.75, 3.05) is 13.1 Å². The van der Waals surface area contributed by atoms with Gasteiger partial charge in [-0.1, -0.05) is 6.07 Å². The Morgan fingerprint density at radius 3 is 2.96 bits per heavy atom. The van der Waals surface area contributed by atoms with Crippen LogP contribution in [0.1, 0.15) is 25.7 Å². The van der Waals surface area contributed by atoms with Crippen LogP contribution in [0.4, 0.5) is 0 Å². The molecule has 2 aliphatic rings. The van der Waals surface area contributed by atoms with Gasteiger partial charge in [0.1, 0.15) is 11.8 Å². The summed E-state index contributed by atoms with van der Waals surface area (Å²) in [6.07, 6.45) is 3.03. The molecule has 1 N–H and O–H groups in total. The number of likely N-dealkylation sites (tertiary alicyclic amines) is 1. The van der Waals surface area contributed by atoms with Crippen LogP contribution in [0, 0.1) is 0 Å². The minimum absolute atomic E-state index is 0.00765. The number of nitrogens with one attached hydrogen (secondary N) is 1. The first-order chi connectivity index (χ1) is 11.1. The largest absolute Gasteiger partial charge is 0.438 e. The Labute approximate surface area is 138 Å². The molecule has 0 aliphatic carbocycles. The van der Waals surface area contributed by atoms with E-state index >= 15 is 0 Å². The molecule has 0 aromatic carbocycles. The van der Waals surface area contributed by atoms with Crippen LogP contribution in [0.25, 0.3) is 10.6 Å². The van der Waals surface area contributed by atoms with Gasteiger partial charge in [-0.15, -0.1) is 11.3 Å². The van der Waals surface area contributed by atoms with Crippen molar-refractivity contribution in [3.05, 3.63) is 29.6 Å². The molecule has 2 aromatic rings. The van der Waals surface area contributed by atoms with Crippen LogP contribution in [0.5, 0.6) is 0 Å². The van der Waals surface area contributed by atoms with Crippen LogP contribution < -0.4 is 5.32 Å². The molecule has 2 aliphatic heterocycles. The number of nitrogens with zero attached hydrogens (tertiary/aromatic N) is 2. The molecule has 2 aromatic heterocycles. The molecule has 2 fully saturated rings. The van der Waals surface area contributed by atoms with Gasteiger partial charge in [-0.05, 0) is 18.4 Å². The Morgan fingerprint density at radius 1 is 1.48 bits per heavy atom. The molecule has 122 valence electrons. The van der Waals surface area contributed by atoms with E-state index < -0.39 is 5.72 Å². The molecule has 0 saturated carbocycles. The SMILES string of the molecule is CC1OC2(CCN(Cc3ncc(-c4cccs4)o3)CC2)NC1=O. The van der Waals surface area contributed by atoms with Crippen molar-refractivity contribution in [1.29, 1.82) is 0 Å². The number of rotatable bonds is 3. The zero-order valence-corrected chi connectivity index (χ0v) is 13.8. The molecule has 4 rings (SSSR count). The van der Waals surface area contributed by atoms with E-state index in [1.54, 1.807) is 24.5 Å². The average Bonchev–Trinajstić information content (AvgIpc) is 3.24. The summed E-state index contributed by atoms with van der Waals surface area (Å²) >= 11 is 1.64. The molecule has 7 heteroatoms. The predicted octanol–water partition coefficient (Wildman–Crippen LogP) is 2.23. The summed E-state index contributed by atoms with van der Waals surface area (Å²) in [6, 6.07) is 4.03. The van der Waals surface area contributed by atoms with Crippen molar-refractivity contribution in [2.24, 2.45) is 0 Å². The second kappa shape index (κ2) is 5.74. The monoisotopic (exact) mass is 333 g/mol. The van der Waals surface area contributed by atoms with Crippen molar-refractivity contribution in [1.82, 2.24) is 15.2 Å². The summed E-state index contributed by atoms with van der Waals surface area (Å²) in [5.41, 5.74) is -0.467. The maximum atomic E-state index is 11.7. The van der Waals surface area contributed by atoms with Crippen LogP contribution >= 0.6 is 11.3 Å². The van der Waals surface area contributed by atoms with E-state index in [4.69, 9.17) is 9.15 Å². The molecule has 1 spiro atoms. The summed E-state index contributed by atoms with van der Waals surface area (Å²) in [5, 5.41) is 5.03. The zero-order chi connectivity index (χ0) is 15.9. The predicted molar refractivity (Wildman–Crippen MR) is 85.7 cm³/mol. The van der Waals surface area contributed by atoms with Gasteiger partial charge in [0.2, 0.25) is 5.89 Å². The number of carbonyl (C=O) groups is 1. The number of oxazole rings is 1. The third-order valence-corrected chi connectivity index (χ3v) is 5.35. The van der Waals surface area contributed by atoms with Crippen molar-refractivity contribution in [3.63, 3.8) is 0 Å². The van der Waals surface area contributed by atoms with Gasteiger partial charge in [-0.25, -0.2) is 4.98 Å². The number of amides is 1. The molecule has 0 radical (unpaired) electrons. The Morgan fingerprint density at radius 2 is 2.30 bits per heavy atom. The number of thiophene rings is 1. The normalized spacial score (nSPS) is 24.2. The van der Waals surface area contributed by atoms with E-state index in [0.717, 1.165) is 42.5 Å². The number of carbonyl (C=O) groups excluding carboxylic acids is 1. The number of hydrogen-bond acceptors (Lipinski definition) is 6. The number of ether oxygens (including phenoxy) is 1. The van der Waals surface area contributed by atoms with E-state index in [-0.39, 0.29) is 12.0 Å². The highest BCUT2D eigenvalue weighted by molar-refractivity contribution is 7.13. The average molecular weight is 333 g/mol. The first-order valence-electron chi connectivity index (χ1n) is 7.84. The number of piperidine rings is 1. The topological polar surface area (TPSA) is 67.6 Å². The van der Waals surface area contributed by atoms with Crippen LogP contribution in [-0.4, -0.2) is 40.7 Å². The highest BCUT2D eigenvalue weighted by Gasteiger charge is 2.45. The second-order valence-corrected chi connectivity index (χ2v) is 7.06. The Bertz CT molecular complexity index is 689. The molecule has 1 amide bonds. The molecular weight excluding hydrogens is 314 g/mol. The standard InChI is InChI=1S/C16H19N3O3S/c1-11-15(20)18-16(22-11)4-6-19(7-5-16)10-14-17-9-12(21-14)13-3-2-8-23-13/h2-3,8-9,11H,4-7,10H2,1H3,(H,18,20). The molecule has 1 atom stereocenters. The van der Waals surface area contributed by atoms with Gasteiger partial charge < -0.3 is 14.5 Å². The Balaban J connectivity index is 1.36. The van der Waals surface area contributed by atoms with Crippen molar-refractivity contribution < 1.29 is 13.9 Å². The summed E-state index contributed by atoms with van der Waals surface area (Å²) in [5.74, 6) is 1.55. The third-order valence-electron chi connectivity index (χ3n) is 4.46. The first-order valence-corrected chi connectivity index (χ1v) is 8.72. The fourth-order valence-corrected chi connectivity index (χ4v) is 3.84. The third kappa shape index (κ3) is 2.91. The van der Waals surface area contributed by atoms with Gasteiger partial charge in [-0.2, -0.15) is 0 Å². The van der Waals surface area contributed by atoms with E-state index in [1.165, 1.54) is 0 Å². The number of aromatic nitrogens is 1. The van der Waals surface area contributed by atoms with Crippen molar-refractivity contribution in [2.45, 2.75) is 38.1 Å². The van der Waals surface area contributed by atoms with E-state index in [0.29, 0.717) is 6.54 Å². The zero-order valence-electron chi connectivity index (χ0n) is 12.9. The summed E-state index contributed by atoms with van der Waals surface area (Å²) < 4.78 is 11.7. The van der Waals surface area contributed by atoms with Gasteiger partial charge in [0.25, 0.3) is 5.91 Å². The van der Waals surface area contributed by atoms with E-state index in [9.17, 15) is 4.79 Å². The quantitative estimate of drug-likeness (QED) is 0.933. The van der Waals surface area contributed by atoms with Gasteiger partial charge in [0.05, 0.1) is 17.6 Å². The van der Waals surface area contributed by atoms with Crippen molar-refractivity contribution >= 4 is 17.2 Å². The van der Waals surface area contributed by atoms with Gasteiger partial charge in [-0.3, -0.25) is 9.69 Å². The smallest absolute Gasteiger partial charge is 0.251 e. The molecule has 2 saturated heterocycles. The van der Waals surface area contributed by atoms with Gasteiger partial charge in [0.15, 0.2) is 5.76 Å². The van der Waals surface area contributed by atoms with E-state index in [2.05, 4.69) is 15.2 Å². The lowest BCUT2D eigenvalue weighted by molar-refractivity contribution is -0.123. The lowest BCUT2D eigenvalue weighted by Gasteiger charge is -2.37. The van der Waals surface area contributed by atoms with Crippen LogP contribution in [0.3, 0.4) is 0 Å². The van der Waals surface area contributed by atoms with Crippen LogP contribution in [0.15, 0.2) is 28.1 Å². The second-order valence-electron chi connectivity index (χ2n) is 6.12. The van der Waals surface area contributed by atoms with Gasteiger partial charge in [0, 0.05) is 25.9 Å². The molecule has 4 heterocycles. The fraction of sp³-hybridized carbons (Fsp3) is 0.500. The Hall–Kier alpha value is -1.70. The lowest BCUT2D eigenvalue weighted by Crippen LogP contribution is -2.51. The molecule has 0 bridgehead atoms. The summed E-state index contributed by atoms with van der Waals surface area (Å²) in [6.45, 7) is 4.19. The van der Waals surface area contributed by atoms with Gasteiger partial charge >= 0.3 is 0 Å². The van der Waals surface area contributed by atoms with Crippen LogP contribution in [0.2, 0.25) is 0 Å². The fourth-order valence-electron chi connectivity index (χ4n) is 3.17. The van der Waals surface area contributed by atoms with E-state index in [1.807, 2.05) is 17.5 Å². The molecule has 6 nitrogen and oxygen atoms in total. The highest BCUT2D eigenvalue weighted by Crippen LogP contribution is 2.31. The summed E-state index contributed by atoms with van der Waals surface area (Å²) in [4.78, 5) is 19.4. The number of hydrogen-bond donors (Lipinski definition) is 1. The molecular formula is C16H19N3O3S. The highest BCUT2D eigenvalue weighted by atomic mass is 32.1. The maximum absolute atomic E-state index is 11.7. The lowest BCUT2D eigenvalue weighted by atomic mass is 10.0. The minimum Gasteiger partial charge on any atom is -0.438 e. The first kappa shape index (κ1) is 14.9. The van der Waals surface area contributed by atoms with Crippen molar-refractivity contribution in [3.8, 4) is 10.6 Å². The Kier molecular flexibility index (Phi) is 3.71.